The van der Waals surface area contributed by atoms with Crippen LogP contribution in [-0.2, 0) is 16.1 Å². The SMILES string of the molecule is CC(NC(=O)c1coc(C(N)C(C)C)n1)C(=O)OCc1ccccc1. The van der Waals surface area contributed by atoms with Gasteiger partial charge in [0.05, 0.1) is 6.04 Å². The van der Waals surface area contributed by atoms with Gasteiger partial charge in [-0.15, -0.1) is 0 Å². The Kier molecular flexibility index (Phi) is 6.30. The van der Waals surface area contributed by atoms with Gasteiger partial charge in [0.2, 0.25) is 5.89 Å². The fourth-order valence-electron chi connectivity index (χ4n) is 2.01. The van der Waals surface area contributed by atoms with Crippen LogP contribution in [0.5, 0.6) is 0 Å². The third-order valence-electron chi connectivity index (χ3n) is 3.68. The van der Waals surface area contributed by atoms with E-state index in [0.717, 1.165) is 5.56 Å². The van der Waals surface area contributed by atoms with Gasteiger partial charge in [-0.1, -0.05) is 44.2 Å². The van der Waals surface area contributed by atoms with Crippen LogP contribution >= 0.6 is 0 Å². The van der Waals surface area contributed by atoms with E-state index in [2.05, 4.69) is 10.3 Å². The Labute approximate surface area is 146 Å². The molecule has 0 bridgehead atoms. The number of nitrogens with one attached hydrogen (secondary N) is 1. The summed E-state index contributed by atoms with van der Waals surface area (Å²) >= 11 is 0. The van der Waals surface area contributed by atoms with E-state index in [1.54, 1.807) is 6.92 Å². The molecule has 2 rings (SSSR count). The Morgan fingerprint density at radius 1 is 1.24 bits per heavy atom. The van der Waals surface area contributed by atoms with Crippen molar-refractivity contribution in [3.63, 3.8) is 0 Å². The van der Waals surface area contributed by atoms with Crippen LogP contribution < -0.4 is 11.1 Å². The van der Waals surface area contributed by atoms with Crippen LogP contribution in [0.25, 0.3) is 0 Å². The van der Waals surface area contributed by atoms with E-state index in [1.807, 2.05) is 44.2 Å². The smallest absolute Gasteiger partial charge is 0.328 e. The highest BCUT2D eigenvalue weighted by Gasteiger charge is 2.22. The molecule has 0 saturated heterocycles. The van der Waals surface area contributed by atoms with Gasteiger partial charge < -0.3 is 20.2 Å². The molecule has 0 spiro atoms. The lowest BCUT2D eigenvalue weighted by atomic mass is 10.1. The molecule has 1 aromatic carbocycles. The first-order valence-corrected chi connectivity index (χ1v) is 8.11. The van der Waals surface area contributed by atoms with E-state index in [-0.39, 0.29) is 18.2 Å². The first-order valence-electron chi connectivity index (χ1n) is 8.11. The molecule has 3 N–H and O–H groups in total. The first kappa shape index (κ1) is 18.7. The van der Waals surface area contributed by atoms with E-state index >= 15 is 0 Å². The molecule has 2 aromatic rings. The van der Waals surface area contributed by atoms with Crippen molar-refractivity contribution in [2.24, 2.45) is 11.7 Å². The van der Waals surface area contributed by atoms with Crippen molar-refractivity contribution in [1.29, 1.82) is 0 Å². The minimum Gasteiger partial charge on any atom is -0.459 e. The molecule has 0 fully saturated rings. The number of ether oxygens (including phenoxy) is 1. The molecule has 134 valence electrons. The van der Waals surface area contributed by atoms with E-state index in [4.69, 9.17) is 14.9 Å². The first-order chi connectivity index (χ1) is 11.9. The van der Waals surface area contributed by atoms with Crippen LogP contribution in [0.1, 0.15) is 48.8 Å². The minimum atomic E-state index is -0.810. The molecule has 25 heavy (non-hydrogen) atoms. The average molecular weight is 345 g/mol. The molecular weight excluding hydrogens is 322 g/mol. The zero-order chi connectivity index (χ0) is 18.4. The molecule has 0 aliphatic rings. The summed E-state index contributed by atoms with van der Waals surface area (Å²) in [4.78, 5) is 28.2. The molecule has 1 aromatic heterocycles. The van der Waals surface area contributed by atoms with Gasteiger partial charge in [-0.3, -0.25) is 4.79 Å². The summed E-state index contributed by atoms with van der Waals surface area (Å²) in [6.45, 7) is 5.56. The third kappa shape index (κ3) is 5.15. The maximum Gasteiger partial charge on any atom is 0.328 e. The summed E-state index contributed by atoms with van der Waals surface area (Å²) in [6.07, 6.45) is 1.23. The number of amides is 1. The third-order valence-corrected chi connectivity index (χ3v) is 3.68. The quantitative estimate of drug-likeness (QED) is 0.745. The lowest BCUT2D eigenvalue weighted by Gasteiger charge is -2.12. The van der Waals surface area contributed by atoms with Gasteiger partial charge in [-0.05, 0) is 18.4 Å². The Balaban J connectivity index is 1.88. The number of esters is 1. The van der Waals surface area contributed by atoms with E-state index in [9.17, 15) is 9.59 Å². The van der Waals surface area contributed by atoms with Gasteiger partial charge in [0.15, 0.2) is 5.69 Å². The zero-order valence-corrected chi connectivity index (χ0v) is 14.6. The van der Waals surface area contributed by atoms with Crippen molar-refractivity contribution in [2.75, 3.05) is 0 Å². The van der Waals surface area contributed by atoms with Gasteiger partial charge in [0.25, 0.3) is 5.91 Å². The molecule has 0 radical (unpaired) electrons. The molecule has 7 nitrogen and oxygen atoms in total. The average Bonchev–Trinajstić information content (AvgIpc) is 3.09. The number of oxazole rings is 1. The van der Waals surface area contributed by atoms with Crippen LogP contribution in [-0.4, -0.2) is 22.9 Å². The van der Waals surface area contributed by atoms with Crippen molar-refractivity contribution >= 4 is 11.9 Å². The maximum atomic E-state index is 12.2. The van der Waals surface area contributed by atoms with Crippen LogP contribution in [0.4, 0.5) is 0 Å². The molecule has 1 heterocycles. The number of hydrogen-bond donors (Lipinski definition) is 2. The standard InChI is InChI=1S/C18H23N3O4/c1-11(2)15(19)17-21-14(10-24-17)16(22)20-12(3)18(23)25-9-13-7-5-4-6-8-13/h4-8,10-12,15H,9,19H2,1-3H3,(H,20,22). The molecule has 2 unspecified atom stereocenters. The Morgan fingerprint density at radius 3 is 2.56 bits per heavy atom. The highest BCUT2D eigenvalue weighted by atomic mass is 16.5. The number of carbonyl (C=O) groups is 2. The van der Waals surface area contributed by atoms with Gasteiger partial charge in [-0.2, -0.15) is 0 Å². The van der Waals surface area contributed by atoms with Crippen molar-refractivity contribution < 1.29 is 18.7 Å². The maximum absolute atomic E-state index is 12.2. The second-order valence-corrected chi connectivity index (χ2v) is 6.13. The van der Waals surface area contributed by atoms with Crippen molar-refractivity contribution in [3.05, 3.63) is 53.7 Å². The largest absolute Gasteiger partial charge is 0.459 e. The second-order valence-electron chi connectivity index (χ2n) is 6.13. The lowest BCUT2D eigenvalue weighted by Crippen LogP contribution is -2.39. The van der Waals surface area contributed by atoms with Gasteiger partial charge in [0.1, 0.15) is 18.9 Å². The van der Waals surface area contributed by atoms with Gasteiger partial charge >= 0.3 is 5.97 Å². The summed E-state index contributed by atoms with van der Waals surface area (Å²) in [5.41, 5.74) is 6.88. The molecule has 7 heteroatoms. The second kappa shape index (κ2) is 8.43. The molecule has 0 saturated carbocycles. The Hall–Kier alpha value is -2.67. The number of nitrogens with two attached hydrogens (primary N) is 1. The molecular formula is C18H23N3O4. The molecule has 0 aliphatic carbocycles. The lowest BCUT2D eigenvalue weighted by molar-refractivity contribution is -0.146. The topological polar surface area (TPSA) is 107 Å². The number of nitrogens with zero attached hydrogens (tertiary/aromatic N) is 1. The van der Waals surface area contributed by atoms with Crippen LogP contribution in [0.2, 0.25) is 0 Å². The molecule has 0 aliphatic heterocycles. The summed E-state index contributed by atoms with van der Waals surface area (Å²) in [7, 11) is 0. The van der Waals surface area contributed by atoms with Crippen LogP contribution in [0.3, 0.4) is 0 Å². The predicted molar refractivity (Wildman–Crippen MR) is 91.4 cm³/mol. The summed E-state index contributed by atoms with van der Waals surface area (Å²) < 4.78 is 10.4. The summed E-state index contributed by atoms with van der Waals surface area (Å²) in [5, 5.41) is 2.54. The monoisotopic (exact) mass is 345 g/mol. The van der Waals surface area contributed by atoms with E-state index in [1.165, 1.54) is 6.26 Å². The normalized spacial score (nSPS) is 13.3. The molecule has 2 atom stereocenters. The van der Waals surface area contributed by atoms with Gasteiger partial charge in [-0.25, -0.2) is 9.78 Å². The van der Waals surface area contributed by atoms with Gasteiger partial charge in [0, 0.05) is 0 Å². The van der Waals surface area contributed by atoms with Crippen molar-refractivity contribution in [3.8, 4) is 0 Å². The number of rotatable bonds is 7. The number of aromatic nitrogens is 1. The van der Waals surface area contributed by atoms with Crippen LogP contribution in [0, 0.1) is 5.92 Å². The Bertz CT molecular complexity index is 712. The fraction of sp³-hybridized carbons (Fsp3) is 0.389. The molecule has 1 amide bonds. The summed E-state index contributed by atoms with van der Waals surface area (Å²) in [5.74, 6) is -0.629. The zero-order valence-electron chi connectivity index (χ0n) is 14.6. The van der Waals surface area contributed by atoms with Crippen molar-refractivity contribution in [1.82, 2.24) is 10.3 Å². The number of hydrogen-bond acceptors (Lipinski definition) is 6. The highest BCUT2D eigenvalue weighted by molar-refractivity contribution is 5.94. The van der Waals surface area contributed by atoms with E-state index in [0.29, 0.717) is 5.89 Å². The van der Waals surface area contributed by atoms with Crippen LogP contribution in [0.15, 0.2) is 41.0 Å². The van der Waals surface area contributed by atoms with E-state index < -0.39 is 24.0 Å². The Morgan fingerprint density at radius 2 is 1.92 bits per heavy atom. The summed E-state index contributed by atoms with van der Waals surface area (Å²) in [6, 6.07) is 8.10. The highest BCUT2D eigenvalue weighted by Crippen LogP contribution is 2.18. The number of benzene rings is 1. The predicted octanol–water partition coefficient (Wildman–Crippen LogP) is 2.19. The number of carbonyl (C=O) groups excluding carboxylic acids is 2. The minimum absolute atomic E-state index is 0.0776. The fourth-order valence-corrected chi connectivity index (χ4v) is 2.01. The van der Waals surface area contributed by atoms with Crippen molar-refractivity contribution in [2.45, 2.75) is 39.5 Å².